The molecule has 0 unspecified atom stereocenters. The van der Waals surface area contributed by atoms with E-state index in [1.54, 1.807) is 11.4 Å². The molecule has 3 rings (SSSR count). The van der Waals surface area contributed by atoms with Crippen LogP contribution in [0.25, 0.3) is 16.8 Å². The highest BCUT2D eigenvalue weighted by molar-refractivity contribution is 5.96. The predicted octanol–water partition coefficient (Wildman–Crippen LogP) is 3.00. The monoisotopic (exact) mass is 310 g/mol. The summed E-state index contributed by atoms with van der Waals surface area (Å²) in [4.78, 5) is 16.6. The molecule has 2 aromatic heterocycles. The van der Waals surface area contributed by atoms with Crippen LogP contribution in [0.3, 0.4) is 0 Å². The Morgan fingerprint density at radius 1 is 1.26 bits per heavy atom. The van der Waals surface area contributed by atoms with Crippen LogP contribution in [0.15, 0.2) is 42.7 Å². The van der Waals surface area contributed by atoms with Crippen molar-refractivity contribution in [3.63, 3.8) is 0 Å². The summed E-state index contributed by atoms with van der Waals surface area (Å²) in [5.74, 6) is 0.308. The number of nitrogens with zero attached hydrogens (tertiary/aromatic N) is 3. The van der Waals surface area contributed by atoms with Crippen molar-refractivity contribution in [3.8, 4) is 11.1 Å². The Morgan fingerprint density at radius 2 is 2.04 bits per heavy atom. The Bertz CT molecular complexity index is 827. The third-order valence-corrected chi connectivity index (χ3v) is 3.42. The maximum Gasteiger partial charge on any atom is 0.343 e. The van der Waals surface area contributed by atoms with Gasteiger partial charge in [0.1, 0.15) is 11.4 Å². The van der Waals surface area contributed by atoms with Gasteiger partial charge in [-0.25, -0.2) is 14.3 Å². The standard InChI is InChI=1S/C17H18N4O2/c1-3-18-15-14(12-8-6-5-7-9-12)11-21-16(20-15)13(10-19-21)17(22)23-4-2/h5-11H,3-4H2,1-2H3,(H,18,20). The summed E-state index contributed by atoms with van der Waals surface area (Å²) in [5.41, 5.74) is 2.81. The zero-order valence-electron chi connectivity index (χ0n) is 13.1. The molecule has 0 saturated heterocycles. The topological polar surface area (TPSA) is 68.5 Å². The molecule has 0 aliphatic heterocycles. The number of ether oxygens (including phenoxy) is 1. The van der Waals surface area contributed by atoms with Gasteiger partial charge in [0.05, 0.1) is 12.8 Å². The highest BCUT2D eigenvalue weighted by Crippen LogP contribution is 2.27. The summed E-state index contributed by atoms with van der Waals surface area (Å²) in [6.45, 7) is 4.82. The van der Waals surface area contributed by atoms with E-state index in [4.69, 9.17) is 4.74 Å². The Kier molecular flexibility index (Phi) is 4.23. The molecule has 1 N–H and O–H groups in total. The second-order valence-electron chi connectivity index (χ2n) is 4.95. The van der Waals surface area contributed by atoms with Crippen molar-refractivity contribution < 1.29 is 9.53 Å². The number of aromatic nitrogens is 3. The number of hydrogen-bond donors (Lipinski definition) is 1. The van der Waals surface area contributed by atoms with Crippen molar-refractivity contribution in [2.45, 2.75) is 13.8 Å². The third kappa shape index (κ3) is 2.88. The molecule has 0 amide bonds. The van der Waals surface area contributed by atoms with E-state index >= 15 is 0 Å². The van der Waals surface area contributed by atoms with Gasteiger partial charge in [0.25, 0.3) is 0 Å². The Labute approximate surface area is 134 Å². The number of carbonyl (C=O) groups is 1. The van der Waals surface area contributed by atoms with Crippen molar-refractivity contribution in [1.29, 1.82) is 0 Å². The molecule has 0 atom stereocenters. The second-order valence-corrected chi connectivity index (χ2v) is 4.95. The summed E-state index contributed by atoms with van der Waals surface area (Å²) in [6.07, 6.45) is 3.36. The maximum absolute atomic E-state index is 12.0. The Balaban J connectivity index is 2.15. The SMILES string of the molecule is CCNc1nc2c(C(=O)OCC)cnn2cc1-c1ccccc1. The average Bonchev–Trinajstić information content (AvgIpc) is 2.98. The van der Waals surface area contributed by atoms with Gasteiger partial charge in [0, 0.05) is 18.3 Å². The lowest BCUT2D eigenvalue weighted by Gasteiger charge is -2.11. The van der Waals surface area contributed by atoms with Crippen LogP contribution in [-0.4, -0.2) is 33.7 Å². The van der Waals surface area contributed by atoms with E-state index in [9.17, 15) is 4.79 Å². The number of rotatable bonds is 5. The first-order valence-corrected chi connectivity index (χ1v) is 7.59. The minimum Gasteiger partial charge on any atom is -0.462 e. The Morgan fingerprint density at radius 3 is 2.74 bits per heavy atom. The number of carbonyl (C=O) groups excluding carboxylic acids is 1. The molecule has 0 bridgehead atoms. The number of fused-ring (bicyclic) bond motifs is 1. The molecule has 0 fully saturated rings. The molecule has 3 aromatic rings. The molecule has 2 heterocycles. The van der Waals surface area contributed by atoms with Crippen molar-refractivity contribution in [2.24, 2.45) is 0 Å². The lowest BCUT2D eigenvalue weighted by Crippen LogP contribution is -2.07. The van der Waals surface area contributed by atoms with Gasteiger partial charge in [0.2, 0.25) is 0 Å². The van der Waals surface area contributed by atoms with Crippen LogP contribution in [0.5, 0.6) is 0 Å². The fourth-order valence-corrected chi connectivity index (χ4v) is 2.40. The fraction of sp³-hybridized carbons (Fsp3) is 0.235. The lowest BCUT2D eigenvalue weighted by atomic mass is 10.1. The molecule has 0 saturated carbocycles. The number of nitrogens with one attached hydrogen (secondary N) is 1. The van der Waals surface area contributed by atoms with Crippen LogP contribution in [0.4, 0.5) is 5.82 Å². The van der Waals surface area contributed by atoms with E-state index in [2.05, 4.69) is 15.4 Å². The average molecular weight is 310 g/mol. The molecule has 6 nitrogen and oxygen atoms in total. The van der Waals surface area contributed by atoms with E-state index in [0.717, 1.165) is 23.5 Å². The van der Waals surface area contributed by atoms with E-state index in [-0.39, 0.29) is 0 Å². The van der Waals surface area contributed by atoms with Gasteiger partial charge in [-0.15, -0.1) is 0 Å². The maximum atomic E-state index is 12.0. The zero-order valence-corrected chi connectivity index (χ0v) is 13.1. The molecule has 0 spiro atoms. The van der Waals surface area contributed by atoms with Gasteiger partial charge in [-0.1, -0.05) is 30.3 Å². The summed E-state index contributed by atoms with van der Waals surface area (Å²) >= 11 is 0. The van der Waals surface area contributed by atoms with Gasteiger partial charge in [-0.05, 0) is 19.4 Å². The molecule has 118 valence electrons. The van der Waals surface area contributed by atoms with Crippen LogP contribution < -0.4 is 5.32 Å². The van der Waals surface area contributed by atoms with Crippen LogP contribution >= 0.6 is 0 Å². The van der Waals surface area contributed by atoms with Crippen LogP contribution in [0.2, 0.25) is 0 Å². The third-order valence-electron chi connectivity index (χ3n) is 3.42. The lowest BCUT2D eigenvalue weighted by molar-refractivity contribution is 0.0528. The largest absolute Gasteiger partial charge is 0.462 e. The first-order chi connectivity index (χ1) is 11.2. The molecular weight excluding hydrogens is 292 g/mol. The molecule has 1 aromatic carbocycles. The van der Waals surface area contributed by atoms with Crippen molar-refractivity contribution in [1.82, 2.24) is 14.6 Å². The number of benzene rings is 1. The quantitative estimate of drug-likeness (QED) is 0.734. The second kappa shape index (κ2) is 6.48. The highest BCUT2D eigenvalue weighted by Gasteiger charge is 2.18. The highest BCUT2D eigenvalue weighted by atomic mass is 16.5. The molecule has 0 radical (unpaired) electrons. The first-order valence-electron chi connectivity index (χ1n) is 7.59. The van der Waals surface area contributed by atoms with E-state index in [1.165, 1.54) is 6.20 Å². The zero-order chi connectivity index (χ0) is 16.2. The smallest absolute Gasteiger partial charge is 0.343 e. The van der Waals surface area contributed by atoms with Gasteiger partial charge in [0.15, 0.2) is 5.65 Å². The normalized spacial score (nSPS) is 10.7. The van der Waals surface area contributed by atoms with Gasteiger partial charge < -0.3 is 10.1 Å². The Hall–Kier alpha value is -2.89. The van der Waals surface area contributed by atoms with Crippen LogP contribution in [0.1, 0.15) is 24.2 Å². The van der Waals surface area contributed by atoms with E-state index < -0.39 is 5.97 Å². The minimum atomic E-state index is -0.412. The molecular formula is C17H18N4O2. The molecule has 23 heavy (non-hydrogen) atoms. The summed E-state index contributed by atoms with van der Waals surface area (Å²) in [7, 11) is 0. The summed E-state index contributed by atoms with van der Waals surface area (Å²) in [5, 5.41) is 7.49. The molecule has 0 aliphatic rings. The summed E-state index contributed by atoms with van der Waals surface area (Å²) < 4.78 is 6.66. The van der Waals surface area contributed by atoms with Gasteiger partial charge in [-0.3, -0.25) is 0 Å². The van der Waals surface area contributed by atoms with Gasteiger partial charge in [-0.2, -0.15) is 5.10 Å². The molecule has 0 aliphatic carbocycles. The van der Waals surface area contributed by atoms with Crippen molar-refractivity contribution >= 4 is 17.4 Å². The van der Waals surface area contributed by atoms with Gasteiger partial charge >= 0.3 is 5.97 Å². The van der Waals surface area contributed by atoms with Crippen molar-refractivity contribution in [2.75, 3.05) is 18.5 Å². The number of hydrogen-bond acceptors (Lipinski definition) is 5. The number of anilines is 1. The van der Waals surface area contributed by atoms with Crippen molar-refractivity contribution in [3.05, 3.63) is 48.3 Å². The van der Waals surface area contributed by atoms with E-state index in [1.807, 2.05) is 43.5 Å². The first kappa shape index (κ1) is 15.0. The number of esters is 1. The fourth-order valence-electron chi connectivity index (χ4n) is 2.40. The van der Waals surface area contributed by atoms with Crippen LogP contribution in [-0.2, 0) is 4.74 Å². The van der Waals surface area contributed by atoms with Crippen LogP contribution in [0, 0.1) is 0 Å². The predicted molar refractivity (Wildman–Crippen MR) is 88.5 cm³/mol. The summed E-state index contributed by atoms with van der Waals surface area (Å²) in [6, 6.07) is 9.94. The minimum absolute atomic E-state index is 0.318. The molecule has 6 heteroatoms. The van der Waals surface area contributed by atoms with E-state index in [0.29, 0.717) is 17.8 Å².